The Morgan fingerprint density at radius 3 is 2.60 bits per heavy atom. The Morgan fingerprint density at radius 2 is 2.00 bits per heavy atom. The van der Waals surface area contributed by atoms with Crippen molar-refractivity contribution < 1.29 is 19.4 Å². The predicted octanol–water partition coefficient (Wildman–Crippen LogP) is 1.63. The highest BCUT2D eigenvalue weighted by Crippen LogP contribution is 2.23. The number of ether oxygens (including phenoxy) is 1. The molecule has 1 fully saturated rings. The van der Waals surface area contributed by atoms with Gasteiger partial charge in [-0.05, 0) is 18.1 Å². The van der Waals surface area contributed by atoms with E-state index in [1.54, 1.807) is 4.90 Å². The minimum Gasteiger partial charge on any atom is -0.493 e. The summed E-state index contributed by atoms with van der Waals surface area (Å²) in [6.07, 6.45) is 0.272. The van der Waals surface area contributed by atoms with Crippen LogP contribution in [0.3, 0.4) is 0 Å². The number of amides is 1. The molecule has 0 aromatic heterocycles. The van der Waals surface area contributed by atoms with E-state index < -0.39 is 11.9 Å². The maximum Gasteiger partial charge on any atom is 0.308 e. The molecule has 2 atom stereocenters. The standard InChI is InChI=1S/C15H19NO4/c1-11-9-16(10-13(11)15(18)19)14(17)7-8-20-12-5-3-2-4-6-12/h2-6,11,13H,7-10H2,1H3,(H,18,19)/t11-,13-/m1/s1. The number of carboxylic acid groups (broad SMARTS) is 1. The third-order valence-electron chi connectivity index (χ3n) is 3.61. The highest BCUT2D eigenvalue weighted by Gasteiger charge is 2.36. The lowest BCUT2D eigenvalue weighted by Gasteiger charge is -2.16. The fourth-order valence-electron chi connectivity index (χ4n) is 2.42. The second-order valence-electron chi connectivity index (χ2n) is 5.13. The maximum atomic E-state index is 12.0. The Bertz CT molecular complexity index is 474. The number of hydrogen-bond acceptors (Lipinski definition) is 3. The second-order valence-corrected chi connectivity index (χ2v) is 5.13. The summed E-state index contributed by atoms with van der Waals surface area (Å²) in [7, 11) is 0. The lowest BCUT2D eigenvalue weighted by molar-refractivity contribution is -0.142. The molecule has 0 radical (unpaired) electrons. The smallest absolute Gasteiger partial charge is 0.308 e. The summed E-state index contributed by atoms with van der Waals surface area (Å²) < 4.78 is 5.47. The summed E-state index contributed by atoms with van der Waals surface area (Å²) in [6, 6.07) is 9.31. The molecule has 1 saturated heterocycles. The van der Waals surface area contributed by atoms with Crippen LogP contribution in [0, 0.1) is 11.8 Å². The van der Waals surface area contributed by atoms with Crippen molar-refractivity contribution >= 4 is 11.9 Å². The largest absolute Gasteiger partial charge is 0.493 e. The van der Waals surface area contributed by atoms with Crippen LogP contribution in [0.15, 0.2) is 30.3 Å². The highest BCUT2D eigenvalue weighted by molar-refractivity contribution is 5.79. The average Bonchev–Trinajstić information content (AvgIpc) is 2.82. The minimum atomic E-state index is -0.826. The molecule has 1 aliphatic rings. The van der Waals surface area contributed by atoms with Crippen LogP contribution in [0.4, 0.5) is 0 Å². The predicted molar refractivity (Wildman–Crippen MR) is 73.4 cm³/mol. The fraction of sp³-hybridized carbons (Fsp3) is 0.467. The van der Waals surface area contributed by atoms with E-state index in [4.69, 9.17) is 9.84 Å². The zero-order valence-electron chi connectivity index (χ0n) is 11.5. The molecule has 1 aliphatic heterocycles. The van der Waals surface area contributed by atoms with Gasteiger partial charge in [-0.25, -0.2) is 0 Å². The van der Waals surface area contributed by atoms with E-state index in [1.807, 2.05) is 37.3 Å². The zero-order valence-corrected chi connectivity index (χ0v) is 11.5. The van der Waals surface area contributed by atoms with Gasteiger partial charge in [0.15, 0.2) is 0 Å². The molecule has 5 nitrogen and oxygen atoms in total. The molecule has 0 aliphatic carbocycles. The molecule has 1 aromatic carbocycles. The van der Waals surface area contributed by atoms with Crippen molar-refractivity contribution in [3.8, 4) is 5.75 Å². The number of benzene rings is 1. The molecule has 1 N–H and O–H groups in total. The van der Waals surface area contributed by atoms with Crippen LogP contribution in [0.2, 0.25) is 0 Å². The number of hydrogen-bond donors (Lipinski definition) is 1. The van der Waals surface area contributed by atoms with E-state index in [0.29, 0.717) is 19.7 Å². The molecular weight excluding hydrogens is 258 g/mol. The molecule has 2 rings (SSSR count). The lowest BCUT2D eigenvalue weighted by atomic mass is 9.99. The molecule has 5 heteroatoms. The van der Waals surface area contributed by atoms with Gasteiger partial charge in [0.25, 0.3) is 0 Å². The van der Waals surface area contributed by atoms with Crippen LogP contribution in [0.1, 0.15) is 13.3 Å². The van der Waals surface area contributed by atoms with Crippen LogP contribution < -0.4 is 4.74 Å². The first-order chi connectivity index (χ1) is 9.58. The summed E-state index contributed by atoms with van der Waals surface area (Å²) in [5.74, 6) is -0.580. The first kappa shape index (κ1) is 14.4. The maximum absolute atomic E-state index is 12.0. The van der Waals surface area contributed by atoms with Gasteiger partial charge in [0.2, 0.25) is 5.91 Å². The summed E-state index contributed by atoms with van der Waals surface area (Å²) in [6.45, 7) is 3.00. The van der Waals surface area contributed by atoms with Crippen molar-refractivity contribution in [3.05, 3.63) is 30.3 Å². The van der Waals surface area contributed by atoms with E-state index in [0.717, 1.165) is 5.75 Å². The second kappa shape index (κ2) is 6.41. The molecule has 0 bridgehead atoms. The summed E-state index contributed by atoms with van der Waals surface area (Å²) in [5, 5.41) is 9.05. The van der Waals surface area contributed by atoms with Crippen LogP contribution in [0.5, 0.6) is 5.75 Å². The third-order valence-corrected chi connectivity index (χ3v) is 3.61. The lowest BCUT2D eigenvalue weighted by Crippen LogP contribution is -2.30. The first-order valence-corrected chi connectivity index (χ1v) is 6.76. The van der Waals surface area contributed by atoms with Gasteiger partial charge in [-0.15, -0.1) is 0 Å². The van der Waals surface area contributed by atoms with E-state index in [-0.39, 0.29) is 18.2 Å². The number of carboxylic acids is 1. The van der Waals surface area contributed by atoms with Crippen LogP contribution in [-0.2, 0) is 9.59 Å². The Balaban J connectivity index is 1.77. The number of nitrogens with zero attached hydrogens (tertiary/aromatic N) is 1. The molecule has 1 heterocycles. The van der Waals surface area contributed by atoms with Crippen molar-refractivity contribution in [2.24, 2.45) is 11.8 Å². The van der Waals surface area contributed by atoms with Crippen molar-refractivity contribution in [2.45, 2.75) is 13.3 Å². The van der Waals surface area contributed by atoms with Crippen molar-refractivity contribution in [2.75, 3.05) is 19.7 Å². The van der Waals surface area contributed by atoms with Gasteiger partial charge in [-0.2, -0.15) is 0 Å². The molecule has 1 amide bonds. The summed E-state index contributed by atoms with van der Waals surface area (Å²) in [4.78, 5) is 24.6. The number of carbonyl (C=O) groups is 2. The number of para-hydroxylation sites is 1. The van der Waals surface area contributed by atoms with E-state index >= 15 is 0 Å². The number of likely N-dealkylation sites (tertiary alicyclic amines) is 1. The molecule has 0 unspecified atom stereocenters. The molecule has 0 spiro atoms. The number of aliphatic carboxylic acids is 1. The van der Waals surface area contributed by atoms with Gasteiger partial charge >= 0.3 is 5.97 Å². The highest BCUT2D eigenvalue weighted by atomic mass is 16.5. The Morgan fingerprint density at radius 1 is 1.30 bits per heavy atom. The number of rotatable bonds is 5. The van der Waals surface area contributed by atoms with Gasteiger partial charge in [0, 0.05) is 13.1 Å². The van der Waals surface area contributed by atoms with Crippen molar-refractivity contribution in [1.29, 1.82) is 0 Å². The Labute approximate surface area is 118 Å². The van der Waals surface area contributed by atoms with Gasteiger partial charge in [-0.1, -0.05) is 25.1 Å². The quantitative estimate of drug-likeness (QED) is 0.888. The topological polar surface area (TPSA) is 66.8 Å². The molecule has 108 valence electrons. The van der Waals surface area contributed by atoms with Crippen molar-refractivity contribution in [1.82, 2.24) is 4.90 Å². The SMILES string of the molecule is C[C@@H]1CN(C(=O)CCOc2ccccc2)C[C@H]1C(=O)O. The van der Waals surface area contributed by atoms with Crippen LogP contribution in [-0.4, -0.2) is 41.6 Å². The molecule has 20 heavy (non-hydrogen) atoms. The molecule has 1 aromatic rings. The van der Waals surface area contributed by atoms with Gasteiger partial charge in [-0.3, -0.25) is 9.59 Å². The normalized spacial score (nSPS) is 21.8. The summed E-state index contributed by atoms with van der Waals surface area (Å²) in [5.41, 5.74) is 0. The molecule has 0 saturated carbocycles. The monoisotopic (exact) mass is 277 g/mol. The number of carbonyl (C=O) groups excluding carboxylic acids is 1. The van der Waals surface area contributed by atoms with Crippen LogP contribution in [0.25, 0.3) is 0 Å². The van der Waals surface area contributed by atoms with Crippen LogP contribution >= 0.6 is 0 Å². The van der Waals surface area contributed by atoms with Gasteiger partial charge < -0.3 is 14.7 Å². The van der Waals surface area contributed by atoms with E-state index in [9.17, 15) is 9.59 Å². The van der Waals surface area contributed by atoms with E-state index in [2.05, 4.69) is 0 Å². The Hall–Kier alpha value is -2.04. The fourth-order valence-corrected chi connectivity index (χ4v) is 2.42. The van der Waals surface area contributed by atoms with Crippen molar-refractivity contribution in [3.63, 3.8) is 0 Å². The van der Waals surface area contributed by atoms with Gasteiger partial charge in [0.1, 0.15) is 5.75 Å². The Kier molecular flexibility index (Phi) is 4.61. The van der Waals surface area contributed by atoms with E-state index in [1.165, 1.54) is 0 Å². The zero-order chi connectivity index (χ0) is 14.5. The molecular formula is C15H19NO4. The average molecular weight is 277 g/mol. The first-order valence-electron chi connectivity index (χ1n) is 6.76. The minimum absolute atomic E-state index is 0.00601. The third kappa shape index (κ3) is 3.50. The summed E-state index contributed by atoms with van der Waals surface area (Å²) >= 11 is 0. The van der Waals surface area contributed by atoms with Gasteiger partial charge in [0.05, 0.1) is 18.9 Å².